The van der Waals surface area contributed by atoms with E-state index in [0.717, 1.165) is 32.7 Å². The summed E-state index contributed by atoms with van der Waals surface area (Å²) in [7, 11) is 1.36. The summed E-state index contributed by atoms with van der Waals surface area (Å²) >= 11 is 0. The van der Waals surface area contributed by atoms with E-state index in [1.807, 2.05) is 6.92 Å². The molecule has 0 aliphatic carbocycles. The number of Topliss-reactive ketones (excluding diaryl/α,β-unsaturated/α-hetero) is 1. The maximum absolute atomic E-state index is 12.8. The van der Waals surface area contributed by atoms with E-state index in [4.69, 9.17) is 4.74 Å². The zero-order valence-electron chi connectivity index (χ0n) is 17.3. The quantitative estimate of drug-likeness (QED) is 0.480. The van der Waals surface area contributed by atoms with Gasteiger partial charge in [0.05, 0.1) is 18.4 Å². The number of rotatable bonds is 6. The van der Waals surface area contributed by atoms with Gasteiger partial charge >= 0.3 is 5.97 Å². The summed E-state index contributed by atoms with van der Waals surface area (Å²) in [5.41, 5.74) is 5.08. The van der Waals surface area contributed by atoms with Crippen LogP contribution in [0.2, 0.25) is 0 Å². The predicted molar refractivity (Wildman–Crippen MR) is 107 cm³/mol. The number of methoxy groups -OCH3 is 1. The first-order valence-electron chi connectivity index (χ1n) is 9.92. The van der Waals surface area contributed by atoms with Crippen LogP contribution in [0.5, 0.6) is 0 Å². The molecule has 2 heterocycles. The first kappa shape index (κ1) is 20.3. The number of hydrogen-bond acceptors (Lipinski definition) is 3. The van der Waals surface area contributed by atoms with Crippen LogP contribution < -0.4 is 9.80 Å². The number of H-pyrrole nitrogens is 1. The van der Waals surface area contributed by atoms with E-state index in [0.29, 0.717) is 29.1 Å². The van der Waals surface area contributed by atoms with Crippen LogP contribution in [-0.2, 0) is 11.3 Å². The number of aryl methyl sites for hydroxylation is 2. The molecular weight excluding hydrogens is 354 g/mol. The number of ether oxygens (including phenoxy) is 1. The number of piperazine rings is 1. The highest BCUT2D eigenvalue weighted by atomic mass is 16.5. The summed E-state index contributed by atoms with van der Waals surface area (Å²) in [5, 5.41) is 0. The molecule has 0 radical (unpaired) electrons. The Labute approximate surface area is 166 Å². The molecular formula is C22H31N3O3+2. The largest absolute Gasteiger partial charge is 0.465 e. The van der Waals surface area contributed by atoms with E-state index in [2.05, 4.69) is 36.2 Å². The lowest BCUT2D eigenvalue weighted by atomic mass is 10.1. The molecule has 0 spiro atoms. The minimum atomic E-state index is -0.397. The van der Waals surface area contributed by atoms with Crippen molar-refractivity contribution in [1.82, 2.24) is 4.98 Å². The lowest BCUT2D eigenvalue weighted by Gasteiger charge is -2.29. The second kappa shape index (κ2) is 8.71. The topological polar surface area (TPSA) is 68.0 Å². The average molecular weight is 386 g/mol. The van der Waals surface area contributed by atoms with Crippen LogP contribution in [0.15, 0.2) is 24.3 Å². The van der Waals surface area contributed by atoms with E-state index in [1.54, 1.807) is 11.8 Å². The van der Waals surface area contributed by atoms with Crippen LogP contribution in [0.4, 0.5) is 0 Å². The van der Waals surface area contributed by atoms with Gasteiger partial charge in [0.2, 0.25) is 5.78 Å². The van der Waals surface area contributed by atoms with Gasteiger partial charge in [0.15, 0.2) is 0 Å². The SMILES string of the molecule is COC(=O)c1c(C)[nH]c(C(=O)C[NH+]2CC[NH+](Cc3cccc(C)c3)CC2)c1C. The Hall–Kier alpha value is -2.44. The van der Waals surface area contributed by atoms with Crippen molar-refractivity contribution in [2.45, 2.75) is 27.3 Å². The monoisotopic (exact) mass is 385 g/mol. The molecule has 1 aromatic heterocycles. The smallest absolute Gasteiger partial charge is 0.339 e. The van der Waals surface area contributed by atoms with Gasteiger partial charge in [-0.3, -0.25) is 4.79 Å². The first-order chi connectivity index (χ1) is 13.4. The van der Waals surface area contributed by atoms with Crippen LogP contribution in [0.1, 0.15) is 43.2 Å². The standard InChI is InChI=1S/C22H29N3O3/c1-15-6-5-7-18(12-15)13-24-8-10-25(11-9-24)14-19(26)21-16(2)20(17(3)23-21)22(27)28-4/h5-7,12,23H,8-11,13-14H2,1-4H3/p+2. The Kier molecular flexibility index (Phi) is 6.31. The summed E-state index contributed by atoms with van der Waals surface area (Å²) in [6, 6.07) is 8.69. The Morgan fingerprint density at radius 2 is 1.75 bits per heavy atom. The highest BCUT2D eigenvalue weighted by molar-refractivity contribution is 6.01. The summed E-state index contributed by atoms with van der Waals surface area (Å²) in [6.07, 6.45) is 0. The Balaban J connectivity index is 1.56. The lowest BCUT2D eigenvalue weighted by Crippen LogP contribution is -3.27. The number of benzene rings is 1. The van der Waals surface area contributed by atoms with Crippen LogP contribution in [-0.4, -0.2) is 56.6 Å². The summed E-state index contributed by atoms with van der Waals surface area (Å²) in [5.74, 6) is -0.334. The molecule has 1 fully saturated rings. The van der Waals surface area contributed by atoms with Crippen molar-refractivity contribution in [1.29, 1.82) is 0 Å². The van der Waals surface area contributed by atoms with Crippen molar-refractivity contribution < 1.29 is 24.1 Å². The lowest BCUT2D eigenvalue weighted by molar-refractivity contribution is -1.01. The molecule has 3 N–H and O–H groups in total. The van der Waals surface area contributed by atoms with E-state index < -0.39 is 5.97 Å². The van der Waals surface area contributed by atoms with Crippen molar-refractivity contribution in [2.75, 3.05) is 39.8 Å². The molecule has 0 saturated carbocycles. The maximum atomic E-state index is 12.8. The molecule has 2 aromatic rings. The molecule has 0 bridgehead atoms. The second-order valence-electron chi connectivity index (χ2n) is 7.88. The van der Waals surface area contributed by atoms with E-state index in [-0.39, 0.29) is 5.78 Å². The first-order valence-corrected chi connectivity index (χ1v) is 9.92. The van der Waals surface area contributed by atoms with Gasteiger partial charge in [0.1, 0.15) is 39.3 Å². The van der Waals surface area contributed by atoms with Crippen LogP contribution in [0, 0.1) is 20.8 Å². The third kappa shape index (κ3) is 4.51. The van der Waals surface area contributed by atoms with Crippen LogP contribution >= 0.6 is 0 Å². The van der Waals surface area contributed by atoms with Crippen molar-refractivity contribution in [3.05, 3.63) is 57.9 Å². The predicted octanol–water partition coefficient (Wildman–Crippen LogP) is -0.107. The van der Waals surface area contributed by atoms with E-state index in [1.165, 1.54) is 23.1 Å². The Morgan fingerprint density at radius 1 is 1.07 bits per heavy atom. The zero-order valence-corrected chi connectivity index (χ0v) is 17.3. The van der Waals surface area contributed by atoms with Crippen molar-refractivity contribution in [2.24, 2.45) is 0 Å². The average Bonchev–Trinajstić information content (AvgIpc) is 2.97. The highest BCUT2D eigenvalue weighted by Gasteiger charge is 2.28. The van der Waals surface area contributed by atoms with Crippen molar-refractivity contribution in [3.8, 4) is 0 Å². The third-order valence-corrected chi connectivity index (χ3v) is 5.72. The summed E-state index contributed by atoms with van der Waals surface area (Å²) in [6.45, 7) is 11.3. The molecule has 1 aromatic carbocycles. The fourth-order valence-corrected chi connectivity index (χ4v) is 4.17. The number of carbonyl (C=O) groups is 2. The normalized spacial score (nSPS) is 19.4. The van der Waals surface area contributed by atoms with Gasteiger partial charge in [-0.2, -0.15) is 0 Å². The van der Waals surface area contributed by atoms with Crippen LogP contribution in [0.3, 0.4) is 0 Å². The minimum absolute atomic E-state index is 0.0629. The number of esters is 1. The molecule has 0 amide bonds. The van der Waals surface area contributed by atoms with Gasteiger partial charge in [-0.1, -0.05) is 29.8 Å². The number of carbonyl (C=O) groups excluding carboxylic acids is 2. The van der Waals surface area contributed by atoms with Crippen LogP contribution in [0.25, 0.3) is 0 Å². The molecule has 0 atom stereocenters. The van der Waals surface area contributed by atoms with E-state index in [9.17, 15) is 9.59 Å². The molecule has 0 unspecified atom stereocenters. The molecule has 150 valence electrons. The number of ketones is 1. The Bertz CT molecular complexity index is 864. The molecule has 1 saturated heterocycles. The fourth-order valence-electron chi connectivity index (χ4n) is 4.17. The molecule has 6 nitrogen and oxygen atoms in total. The number of nitrogens with one attached hydrogen (secondary N) is 3. The van der Waals surface area contributed by atoms with Gasteiger partial charge in [-0.05, 0) is 26.3 Å². The highest BCUT2D eigenvalue weighted by Crippen LogP contribution is 2.18. The molecule has 3 rings (SSSR count). The number of aromatic nitrogens is 1. The molecule has 1 aliphatic rings. The van der Waals surface area contributed by atoms with Gasteiger partial charge < -0.3 is 19.5 Å². The van der Waals surface area contributed by atoms with Crippen molar-refractivity contribution >= 4 is 11.8 Å². The van der Waals surface area contributed by atoms with Gasteiger partial charge in [0, 0.05) is 11.3 Å². The minimum Gasteiger partial charge on any atom is -0.465 e. The number of aromatic amines is 1. The third-order valence-electron chi connectivity index (χ3n) is 5.72. The molecule has 1 aliphatic heterocycles. The fraction of sp³-hybridized carbons (Fsp3) is 0.455. The van der Waals surface area contributed by atoms with Gasteiger partial charge in [0.25, 0.3) is 0 Å². The maximum Gasteiger partial charge on any atom is 0.339 e. The van der Waals surface area contributed by atoms with Gasteiger partial charge in [-0.15, -0.1) is 0 Å². The van der Waals surface area contributed by atoms with Crippen molar-refractivity contribution in [3.63, 3.8) is 0 Å². The molecule has 28 heavy (non-hydrogen) atoms. The van der Waals surface area contributed by atoms with E-state index >= 15 is 0 Å². The Morgan fingerprint density at radius 3 is 2.39 bits per heavy atom. The summed E-state index contributed by atoms with van der Waals surface area (Å²) in [4.78, 5) is 30.7. The number of hydrogen-bond donors (Lipinski definition) is 3. The zero-order chi connectivity index (χ0) is 20.3. The second-order valence-corrected chi connectivity index (χ2v) is 7.88. The number of quaternary nitrogens is 2. The van der Waals surface area contributed by atoms with Gasteiger partial charge in [-0.25, -0.2) is 4.79 Å². The summed E-state index contributed by atoms with van der Waals surface area (Å²) < 4.78 is 4.83. The molecule has 6 heteroatoms.